The number of hydrogen-bond donors (Lipinski definition) is 1. The summed E-state index contributed by atoms with van der Waals surface area (Å²) in [7, 11) is -3.56. The lowest BCUT2D eigenvalue weighted by Crippen LogP contribution is -2.40. The van der Waals surface area contributed by atoms with Gasteiger partial charge in [0, 0.05) is 19.3 Å². The topological polar surface area (TPSA) is 88.6 Å². The van der Waals surface area contributed by atoms with E-state index < -0.39 is 10.0 Å². The lowest BCUT2D eigenvalue weighted by atomic mass is 10.00. The number of sulfonamides is 1. The normalized spacial score (nSPS) is 16.1. The zero-order valence-electron chi connectivity index (χ0n) is 18.8. The van der Waals surface area contributed by atoms with Crippen molar-refractivity contribution in [2.75, 3.05) is 32.1 Å². The number of carbonyl (C=O) groups excluding carboxylic acids is 1. The number of thioether (sulfide) groups is 1. The van der Waals surface area contributed by atoms with Crippen molar-refractivity contribution in [2.24, 2.45) is 5.92 Å². The number of benzene rings is 1. The highest BCUT2D eigenvalue weighted by Crippen LogP contribution is 2.21. The second kappa shape index (κ2) is 11.3. The molecule has 0 aliphatic carbocycles. The van der Waals surface area contributed by atoms with Gasteiger partial charge in [0.15, 0.2) is 0 Å². The molecule has 0 unspecified atom stereocenters. The van der Waals surface area contributed by atoms with E-state index in [1.54, 1.807) is 12.1 Å². The number of amides is 1. The summed E-state index contributed by atoms with van der Waals surface area (Å²) in [6.45, 7) is 7.84. The molecule has 7 nitrogen and oxygen atoms in total. The third-order valence-corrected chi connectivity index (χ3v) is 8.00. The second-order valence-electron chi connectivity index (χ2n) is 8.27. The summed E-state index contributed by atoms with van der Waals surface area (Å²) in [4.78, 5) is 16.8. The van der Waals surface area contributed by atoms with E-state index in [9.17, 15) is 13.2 Å². The SMILES string of the molecule is CC(C)Cc1ccc([C@@H](C)NC(=O)CSc2ccc(S(=O)(=O)N3CCOCC3)cn2)cc1. The van der Waals surface area contributed by atoms with E-state index in [2.05, 4.69) is 48.4 Å². The van der Waals surface area contributed by atoms with Crippen molar-refractivity contribution in [3.05, 3.63) is 53.7 Å². The predicted molar refractivity (Wildman–Crippen MR) is 126 cm³/mol. The quantitative estimate of drug-likeness (QED) is 0.558. The third-order valence-electron chi connectivity index (χ3n) is 5.17. The molecule has 3 rings (SSSR count). The molecule has 174 valence electrons. The van der Waals surface area contributed by atoms with E-state index in [0.717, 1.165) is 12.0 Å². The Morgan fingerprint density at radius 1 is 1.12 bits per heavy atom. The number of aromatic nitrogens is 1. The Morgan fingerprint density at radius 2 is 1.81 bits per heavy atom. The van der Waals surface area contributed by atoms with Crippen LogP contribution in [-0.4, -0.2) is 55.7 Å². The minimum Gasteiger partial charge on any atom is -0.379 e. The zero-order valence-corrected chi connectivity index (χ0v) is 20.4. The molecule has 32 heavy (non-hydrogen) atoms. The Balaban J connectivity index is 1.50. The van der Waals surface area contributed by atoms with Gasteiger partial charge in [0.25, 0.3) is 0 Å². The lowest BCUT2D eigenvalue weighted by Gasteiger charge is -2.25. The lowest BCUT2D eigenvalue weighted by molar-refractivity contribution is -0.119. The van der Waals surface area contributed by atoms with Crippen LogP contribution in [0.1, 0.15) is 37.9 Å². The van der Waals surface area contributed by atoms with Gasteiger partial charge in [0.2, 0.25) is 15.9 Å². The van der Waals surface area contributed by atoms with E-state index in [1.807, 2.05) is 6.92 Å². The molecular weight excluding hydrogens is 446 g/mol. The van der Waals surface area contributed by atoms with Crippen molar-refractivity contribution < 1.29 is 17.9 Å². The summed E-state index contributed by atoms with van der Waals surface area (Å²) in [6, 6.07) is 11.4. The number of nitrogens with zero attached hydrogens (tertiary/aromatic N) is 2. The highest BCUT2D eigenvalue weighted by atomic mass is 32.2. The van der Waals surface area contributed by atoms with Crippen molar-refractivity contribution in [2.45, 2.75) is 43.2 Å². The average Bonchev–Trinajstić information content (AvgIpc) is 2.78. The fourth-order valence-electron chi connectivity index (χ4n) is 3.46. The monoisotopic (exact) mass is 477 g/mol. The highest BCUT2D eigenvalue weighted by Gasteiger charge is 2.26. The molecule has 2 heterocycles. The summed E-state index contributed by atoms with van der Waals surface area (Å²) in [5.41, 5.74) is 2.36. The van der Waals surface area contributed by atoms with Crippen LogP contribution in [0.3, 0.4) is 0 Å². The summed E-state index contributed by atoms with van der Waals surface area (Å²) < 4.78 is 31.9. The molecule has 1 aliphatic heterocycles. The Bertz CT molecular complexity index is 987. The van der Waals surface area contributed by atoms with Gasteiger partial charge in [0.05, 0.1) is 30.0 Å². The van der Waals surface area contributed by atoms with E-state index in [4.69, 9.17) is 4.74 Å². The molecular formula is C23H31N3O4S2. The molecule has 9 heteroatoms. The molecule has 1 atom stereocenters. The fraction of sp³-hybridized carbons (Fsp3) is 0.478. The molecule has 1 N–H and O–H groups in total. The van der Waals surface area contributed by atoms with Gasteiger partial charge in [-0.3, -0.25) is 4.79 Å². The minimum atomic E-state index is -3.56. The van der Waals surface area contributed by atoms with Crippen LogP contribution in [0.5, 0.6) is 0 Å². The van der Waals surface area contributed by atoms with Crippen LogP contribution in [0.15, 0.2) is 52.5 Å². The highest BCUT2D eigenvalue weighted by molar-refractivity contribution is 7.99. The molecule has 2 aromatic rings. The molecule has 0 spiro atoms. The number of pyridine rings is 1. The van der Waals surface area contributed by atoms with E-state index in [1.165, 1.54) is 27.8 Å². The summed E-state index contributed by atoms with van der Waals surface area (Å²) in [5, 5.41) is 3.61. The van der Waals surface area contributed by atoms with Crippen LogP contribution in [0.4, 0.5) is 0 Å². The zero-order chi connectivity index (χ0) is 23.1. The maximum atomic E-state index is 12.7. The van der Waals surface area contributed by atoms with E-state index in [0.29, 0.717) is 37.2 Å². The van der Waals surface area contributed by atoms with E-state index in [-0.39, 0.29) is 22.6 Å². The van der Waals surface area contributed by atoms with Crippen molar-refractivity contribution >= 4 is 27.7 Å². The van der Waals surface area contributed by atoms with Gasteiger partial charge in [-0.2, -0.15) is 4.31 Å². The maximum absolute atomic E-state index is 12.7. The smallest absolute Gasteiger partial charge is 0.244 e. The molecule has 0 radical (unpaired) electrons. The first kappa shape index (κ1) is 24.7. The standard InChI is InChI=1S/C23H31N3O4S2/c1-17(2)14-19-4-6-20(7-5-19)18(3)25-22(27)16-31-23-9-8-21(15-24-23)32(28,29)26-10-12-30-13-11-26/h4-9,15,17-18H,10-14,16H2,1-3H3,(H,25,27)/t18-/m1/s1. The Hall–Kier alpha value is -1.94. The third kappa shape index (κ3) is 6.78. The first-order valence-electron chi connectivity index (χ1n) is 10.8. The average molecular weight is 478 g/mol. The molecule has 1 amide bonds. The van der Waals surface area contributed by atoms with Crippen LogP contribution in [-0.2, 0) is 26.0 Å². The van der Waals surface area contributed by atoms with Crippen LogP contribution in [0.2, 0.25) is 0 Å². The van der Waals surface area contributed by atoms with Crippen LogP contribution in [0, 0.1) is 5.92 Å². The van der Waals surface area contributed by atoms with Gasteiger partial charge in [-0.05, 0) is 42.5 Å². The summed E-state index contributed by atoms with van der Waals surface area (Å²) in [6.07, 6.45) is 2.39. The van der Waals surface area contributed by atoms with Gasteiger partial charge in [-0.25, -0.2) is 13.4 Å². The number of rotatable bonds is 9. The largest absolute Gasteiger partial charge is 0.379 e. The Morgan fingerprint density at radius 3 is 2.41 bits per heavy atom. The van der Waals surface area contributed by atoms with Crippen molar-refractivity contribution in [1.82, 2.24) is 14.6 Å². The van der Waals surface area contributed by atoms with Gasteiger partial charge in [-0.1, -0.05) is 49.9 Å². The molecule has 1 aromatic heterocycles. The van der Waals surface area contributed by atoms with Gasteiger partial charge in [0.1, 0.15) is 4.90 Å². The van der Waals surface area contributed by atoms with Crippen molar-refractivity contribution in [3.8, 4) is 0 Å². The number of nitrogens with one attached hydrogen (secondary N) is 1. The first-order chi connectivity index (χ1) is 15.3. The molecule has 0 bridgehead atoms. The van der Waals surface area contributed by atoms with Gasteiger partial charge in [-0.15, -0.1) is 0 Å². The maximum Gasteiger partial charge on any atom is 0.244 e. The van der Waals surface area contributed by atoms with Crippen LogP contribution < -0.4 is 5.32 Å². The van der Waals surface area contributed by atoms with Gasteiger partial charge < -0.3 is 10.1 Å². The number of hydrogen-bond acceptors (Lipinski definition) is 6. The number of carbonyl (C=O) groups is 1. The molecule has 0 saturated carbocycles. The van der Waals surface area contributed by atoms with Crippen LogP contribution >= 0.6 is 11.8 Å². The number of morpholine rings is 1. The second-order valence-corrected chi connectivity index (χ2v) is 11.2. The van der Waals surface area contributed by atoms with Crippen molar-refractivity contribution in [3.63, 3.8) is 0 Å². The molecule has 1 fully saturated rings. The molecule has 1 aliphatic rings. The Kier molecular flexibility index (Phi) is 8.70. The fourth-order valence-corrected chi connectivity index (χ4v) is 5.47. The van der Waals surface area contributed by atoms with Crippen molar-refractivity contribution in [1.29, 1.82) is 0 Å². The Labute approximate surface area is 195 Å². The molecule has 1 saturated heterocycles. The van der Waals surface area contributed by atoms with Crippen LogP contribution in [0.25, 0.3) is 0 Å². The van der Waals surface area contributed by atoms with Gasteiger partial charge >= 0.3 is 0 Å². The summed E-state index contributed by atoms with van der Waals surface area (Å²) >= 11 is 1.28. The summed E-state index contributed by atoms with van der Waals surface area (Å²) in [5.74, 6) is 0.718. The number of ether oxygens (including phenoxy) is 1. The first-order valence-corrected chi connectivity index (χ1v) is 13.2. The van der Waals surface area contributed by atoms with E-state index >= 15 is 0 Å². The minimum absolute atomic E-state index is 0.0924. The predicted octanol–water partition coefficient (Wildman–Crippen LogP) is 3.27. The molecule has 1 aromatic carbocycles.